The predicted molar refractivity (Wildman–Crippen MR) is 123 cm³/mol. The van der Waals surface area contributed by atoms with Crippen molar-refractivity contribution in [1.82, 2.24) is 5.16 Å². The lowest BCUT2D eigenvalue weighted by Gasteiger charge is -2.24. The predicted octanol–water partition coefficient (Wildman–Crippen LogP) is 4.77. The Hall–Kier alpha value is -4.39. The van der Waals surface area contributed by atoms with Crippen molar-refractivity contribution in [2.45, 2.75) is 13.0 Å². The van der Waals surface area contributed by atoms with Crippen molar-refractivity contribution in [3.8, 4) is 5.75 Å². The van der Waals surface area contributed by atoms with E-state index >= 15 is 0 Å². The molecule has 5 rings (SSSR count). The minimum atomic E-state index is -0.947. The van der Waals surface area contributed by atoms with Gasteiger partial charge >= 0.3 is 5.91 Å². The molecule has 1 aromatic heterocycles. The van der Waals surface area contributed by atoms with Gasteiger partial charge in [0, 0.05) is 17.2 Å². The summed E-state index contributed by atoms with van der Waals surface area (Å²) in [6, 6.07) is 20.8. The number of Topliss-reactive ketones (excluding diaryl/α,β-unsaturated/α-hetero) is 1. The van der Waals surface area contributed by atoms with Crippen molar-refractivity contribution in [2.75, 3.05) is 12.0 Å². The molecule has 0 unspecified atom stereocenters. The highest BCUT2D eigenvalue weighted by Crippen LogP contribution is 2.44. The largest absolute Gasteiger partial charge is 0.507 e. The Bertz CT molecular complexity index is 1440. The van der Waals surface area contributed by atoms with Gasteiger partial charge in [-0.05, 0) is 29.8 Å². The summed E-state index contributed by atoms with van der Waals surface area (Å²) >= 11 is 0. The zero-order valence-corrected chi connectivity index (χ0v) is 18.0. The Kier molecular flexibility index (Phi) is 4.94. The summed E-state index contributed by atoms with van der Waals surface area (Å²) in [5.41, 5.74) is 0.936. The molecule has 1 atom stereocenters. The molecule has 1 aliphatic heterocycles. The molecular formula is C26H20N2O5. The molecule has 0 spiro atoms. The molecule has 1 N–H and O–H groups in total. The van der Waals surface area contributed by atoms with Crippen molar-refractivity contribution in [3.63, 3.8) is 0 Å². The number of aliphatic hydroxyl groups is 1. The number of ether oxygens (including phenoxy) is 1. The maximum absolute atomic E-state index is 13.2. The minimum absolute atomic E-state index is 0.0413. The van der Waals surface area contributed by atoms with Crippen molar-refractivity contribution in [2.24, 2.45) is 0 Å². The summed E-state index contributed by atoms with van der Waals surface area (Å²) in [6.45, 7) is 1.69. The molecule has 3 aromatic carbocycles. The van der Waals surface area contributed by atoms with E-state index in [1.807, 2.05) is 30.3 Å². The van der Waals surface area contributed by atoms with E-state index in [1.54, 1.807) is 49.4 Å². The molecule has 4 aromatic rings. The van der Waals surface area contributed by atoms with Gasteiger partial charge in [0.05, 0.1) is 12.7 Å². The first-order valence-electron chi connectivity index (χ1n) is 10.4. The maximum Gasteiger partial charge on any atom is 0.301 e. The second-order valence-electron chi connectivity index (χ2n) is 7.77. The molecule has 7 heteroatoms. The molecule has 2 heterocycles. The van der Waals surface area contributed by atoms with Crippen LogP contribution >= 0.6 is 0 Å². The Balaban J connectivity index is 1.76. The average molecular weight is 440 g/mol. The van der Waals surface area contributed by atoms with E-state index in [9.17, 15) is 14.7 Å². The van der Waals surface area contributed by atoms with Crippen molar-refractivity contribution in [3.05, 3.63) is 95.3 Å². The fourth-order valence-corrected chi connectivity index (χ4v) is 4.21. The fourth-order valence-electron chi connectivity index (χ4n) is 4.21. The lowest BCUT2D eigenvalue weighted by molar-refractivity contribution is -0.132. The van der Waals surface area contributed by atoms with Crippen LogP contribution in [0.2, 0.25) is 0 Å². The van der Waals surface area contributed by atoms with Crippen molar-refractivity contribution >= 4 is 34.0 Å². The number of benzene rings is 3. The summed E-state index contributed by atoms with van der Waals surface area (Å²) in [6.07, 6.45) is 0. The zero-order chi connectivity index (χ0) is 23.1. The second kappa shape index (κ2) is 7.94. The third-order valence-corrected chi connectivity index (χ3v) is 5.76. The van der Waals surface area contributed by atoms with Gasteiger partial charge in [-0.25, -0.2) is 0 Å². The number of para-hydroxylation sites is 1. The number of fused-ring (bicyclic) bond motifs is 1. The Morgan fingerprint density at radius 2 is 1.73 bits per heavy atom. The van der Waals surface area contributed by atoms with Crippen LogP contribution < -0.4 is 9.64 Å². The summed E-state index contributed by atoms with van der Waals surface area (Å²) in [5, 5.41) is 17.2. The first-order valence-corrected chi connectivity index (χ1v) is 10.4. The molecule has 164 valence electrons. The van der Waals surface area contributed by atoms with Crippen LogP contribution in [0.5, 0.6) is 5.75 Å². The number of carbonyl (C=O) groups excluding carboxylic acids is 2. The number of amides is 1. The number of aliphatic hydroxyl groups excluding tert-OH is 1. The van der Waals surface area contributed by atoms with Crippen molar-refractivity contribution in [1.29, 1.82) is 0 Å². The van der Waals surface area contributed by atoms with Gasteiger partial charge in [-0.2, -0.15) is 0 Å². The van der Waals surface area contributed by atoms with Crippen LogP contribution in [0.4, 0.5) is 5.82 Å². The summed E-state index contributed by atoms with van der Waals surface area (Å²) in [7, 11) is 1.51. The van der Waals surface area contributed by atoms with Gasteiger partial charge in [0.15, 0.2) is 5.82 Å². The zero-order valence-electron chi connectivity index (χ0n) is 18.0. The van der Waals surface area contributed by atoms with E-state index < -0.39 is 17.7 Å². The molecule has 0 bridgehead atoms. The maximum atomic E-state index is 13.2. The van der Waals surface area contributed by atoms with Gasteiger partial charge in [-0.1, -0.05) is 59.8 Å². The number of methoxy groups -OCH3 is 1. The number of aromatic nitrogens is 1. The number of ketones is 1. The number of nitrogens with zero attached hydrogens (tertiary/aromatic N) is 2. The lowest BCUT2D eigenvalue weighted by Crippen LogP contribution is -2.29. The van der Waals surface area contributed by atoms with Gasteiger partial charge in [0.1, 0.15) is 23.3 Å². The number of anilines is 1. The first kappa shape index (κ1) is 20.5. The molecule has 0 aliphatic carbocycles. The van der Waals surface area contributed by atoms with E-state index in [0.717, 1.165) is 10.8 Å². The smallest absolute Gasteiger partial charge is 0.301 e. The fraction of sp³-hybridized carbons (Fsp3) is 0.115. The van der Waals surface area contributed by atoms with Crippen molar-refractivity contribution < 1.29 is 24.0 Å². The average Bonchev–Trinajstić information content (AvgIpc) is 3.38. The van der Waals surface area contributed by atoms with E-state index in [1.165, 1.54) is 12.0 Å². The molecular weight excluding hydrogens is 420 g/mol. The first-order chi connectivity index (χ1) is 16.0. The number of hydrogen-bond donors (Lipinski definition) is 1. The number of aryl methyl sites for hydroxylation is 1. The topological polar surface area (TPSA) is 92.9 Å². The van der Waals surface area contributed by atoms with E-state index in [0.29, 0.717) is 22.6 Å². The highest BCUT2D eigenvalue weighted by atomic mass is 16.5. The molecule has 0 saturated carbocycles. The van der Waals surface area contributed by atoms with Crippen LogP contribution in [-0.2, 0) is 9.59 Å². The summed E-state index contributed by atoms with van der Waals surface area (Å²) in [5.74, 6) is -0.737. The standard InChI is InChI=1S/C26H20N2O5/c1-15-13-21(27-33-15)28-23(19-9-5-6-10-20(19)32-2)22(25(30)26(28)31)24(29)18-12-11-16-7-3-4-8-17(16)14-18/h3-14,23,29H,1-2H3/t23-/m0/s1. The SMILES string of the molecule is COc1ccccc1[C@H]1C(=C(O)c2ccc3ccccc3c2)C(=O)C(=O)N1c1cc(C)on1. The summed E-state index contributed by atoms with van der Waals surface area (Å²) in [4.78, 5) is 27.7. The number of hydrogen-bond acceptors (Lipinski definition) is 6. The van der Waals surface area contributed by atoms with Crippen LogP contribution in [0.3, 0.4) is 0 Å². The van der Waals surface area contributed by atoms with Gasteiger partial charge in [0.2, 0.25) is 0 Å². The summed E-state index contributed by atoms with van der Waals surface area (Å²) < 4.78 is 10.7. The van der Waals surface area contributed by atoms with Gasteiger partial charge in [-0.3, -0.25) is 14.5 Å². The molecule has 1 aliphatic rings. The molecule has 1 fully saturated rings. The van der Waals surface area contributed by atoms with Gasteiger partial charge in [0.25, 0.3) is 5.78 Å². The number of rotatable bonds is 4. The normalized spacial score (nSPS) is 17.6. The Labute approximate surface area is 189 Å². The molecule has 0 radical (unpaired) electrons. The van der Waals surface area contributed by atoms with Crippen LogP contribution in [-0.4, -0.2) is 29.1 Å². The van der Waals surface area contributed by atoms with E-state index in [4.69, 9.17) is 9.26 Å². The molecule has 7 nitrogen and oxygen atoms in total. The lowest BCUT2D eigenvalue weighted by atomic mass is 9.94. The second-order valence-corrected chi connectivity index (χ2v) is 7.77. The van der Waals surface area contributed by atoms with Gasteiger partial charge in [-0.15, -0.1) is 0 Å². The third-order valence-electron chi connectivity index (χ3n) is 5.76. The quantitative estimate of drug-likeness (QED) is 0.279. The minimum Gasteiger partial charge on any atom is -0.507 e. The monoisotopic (exact) mass is 440 g/mol. The van der Waals surface area contributed by atoms with Gasteiger partial charge < -0.3 is 14.4 Å². The Morgan fingerprint density at radius 3 is 2.45 bits per heavy atom. The Morgan fingerprint density at radius 1 is 1.00 bits per heavy atom. The third kappa shape index (κ3) is 3.34. The molecule has 1 amide bonds. The molecule has 33 heavy (non-hydrogen) atoms. The molecule has 1 saturated heterocycles. The van der Waals surface area contributed by atoms with Crippen LogP contribution in [0.25, 0.3) is 16.5 Å². The van der Waals surface area contributed by atoms with E-state index in [2.05, 4.69) is 5.16 Å². The number of carbonyl (C=O) groups is 2. The van der Waals surface area contributed by atoms with Crippen LogP contribution in [0, 0.1) is 6.92 Å². The van der Waals surface area contributed by atoms with E-state index in [-0.39, 0.29) is 17.2 Å². The van der Waals surface area contributed by atoms with Crippen LogP contribution in [0.15, 0.2) is 82.9 Å². The highest BCUT2D eigenvalue weighted by Gasteiger charge is 2.49. The highest BCUT2D eigenvalue weighted by molar-refractivity contribution is 6.51. The van der Waals surface area contributed by atoms with Crippen LogP contribution in [0.1, 0.15) is 22.9 Å².